The summed E-state index contributed by atoms with van der Waals surface area (Å²) in [5.41, 5.74) is 1.50. The first-order valence-corrected chi connectivity index (χ1v) is 11.3. The SMILES string of the molecule is CCc1c(C)cc(C(=O)NC2(CCC(=O)O)CCCCC2)c(=O)n1Cc1ccc(F)cc1. The quantitative estimate of drug-likeness (QED) is 0.641. The highest BCUT2D eigenvalue weighted by atomic mass is 19.1. The van der Waals surface area contributed by atoms with Gasteiger partial charge >= 0.3 is 5.97 Å². The Kier molecular flexibility index (Phi) is 7.48. The molecule has 2 N–H and O–H groups in total. The highest BCUT2D eigenvalue weighted by Crippen LogP contribution is 2.32. The molecule has 172 valence electrons. The van der Waals surface area contributed by atoms with E-state index in [9.17, 15) is 18.8 Å². The van der Waals surface area contributed by atoms with E-state index in [-0.39, 0.29) is 24.3 Å². The smallest absolute Gasteiger partial charge is 0.303 e. The maximum Gasteiger partial charge on any atom is 0.303 e. The van der Waals surface area contributed by atoms with Gasteiger partial charge in [0.1, 0.15) is 11.4 Å². The molecular weight excluding hydrogens is 411 g/mol. The zero-order valence-corrected chi connectivity index (χ0v) is 18.7. The largest absolute Gasteiger partial charge is 0.481 e. The lowest BCUT2D eigenvalue weighted by Gasteiger charge is -2.38. The van der Waals surface area contributed by atoms with Crippen LogP contribution in [0.2, 0.25) is 0 Å². The van der Waals surface area contributed by atoms with E-state index in [0.29, 0.717) is 25.7 Å². The van der Waals surface area contributed by atoms with Crippen LogP contribution in [0.15, 0.2) is 35.1 Å². The first kappa shape index (κ1) is 23.7. The molecular formula is C25H31FN2O4. The Labute approximate surface area is 187 Å². The minimum absolute atomic E-state index is 0.0249. The number of carbonyl (C=O) groups is 2. The summed E-state index contributed by atoms with van der Waals surface area (Å²) in [6.45, 7) is 4.07. The zero-order chi connectivity index (χ0) is 23.3. The number of rotatable bonds is 8. The Balaban J connectivity index is 1.94. The van der Waals surface area contributed by atoms with Gasteiger partial charge in [0, 0.05) is 17.7 Å². The molecule has 1 aliphatic rings. The maximum absolute atomic E-state index is 13.4. The monoisotopic (exact) mass is 442 g/mol. The first-order valence-electron chi connectivity index (χ1n) is 11.3. The topological polar surface area (TPSA) is 88.4 Å². The van der Waals surface area contributed by atoms with Crippen LogP contribution in [0.4, 0.5) is 4.39 Å². The fourth-order valence-electron chi connectivity index (χ4n) is 4.73. The summed E-state index contributed by atoms with van der Waals surface area (Å²) in [6, 6.07) is 7.60. The second-order valence-corrected chi connectivity index (χ2v) is 8.75. The summed E-state index contributed by atoms with van der Waals surface area (Å²) in [6.07, 6.45) is 5.26. The van der Waals surface area contributed by atoms with E-state index >= 15 is 0 Å². The molecule has 0 bridgehead atoms. The number of hydrogen-bond acceptors (Lipinski definition) is 3. The van der Waals surface area contributed by atoms with Crippen molar-refractivity contribution in [2.45, 2.75) is 77.3 Å². The van der Waals surface area contributed by atoms with E-state index in [4.69, 9.17) is 5.11 Å². The molecule has 1 fully saturated rings. The standard InChI is InChI=1S/C25H31FN2O4/c1-3-21-17(2)15-20(24(32)28(21)16-18-7-9-19(26)10-8-18)23(31)27-25(14-11-22(29)30)12-5-4-6-13-25/h7-10,15H,3-6,11-14,16H2,1-2H3,(H,27,31)(H,29,30). The number of carboxylic acid groups (broad SMARTS) is 1. The van der Waals surface area contributed by atoms with Gasteiger partial charge in [0.15, 0.2) is 0 Å². The fourth-order valence-corrected chi connectivity index (χ4v) is 4.73. The van der Waals surface area contributed by atoms with Crippen molar-refractivity contribution in [1.29, 1.82) is 0 Å². The molecule has 0 unspecified atom stereocenters. The van der Waals surface area contributed by atoms with Gasteiger partial charge in [-0.25, -0.2) is 4.39 Å². The van der Waals surface area contributed by atoms with Gasteiger partial charge in [0.25, 0.3) is 11.5 Å². The Bertz CT molecular complexity index is 1040. The predicted octanol–water partition coefficient (Wildman–Crippen LogP) is 4.20. The third-order valence-corrected chi connectivity index (χ3v) is 6.46. The second-order valence-electron chi connectivity index (χ2n) is 8.75. The van der Waals surface area contributed by atoms with E-state index in [1.807, 2.05) is 13.8 Å². The molecule has 0 spiro atoms. The van der Waals surface area contributed by atoms with Crippen molar-refractivity contribution in [3.05, 3.63) is 68.9 Å². The fraction of sp³-hybridized carbons (Fsp3) is 0.480. The molecule has 0 aliphatic heterocycles. The van der Waals surface area contributed by atoms with Gasteiger partial charge in [-0.2, -0.15) is 0 Å². The van der Waals surface area contributed by atoms with Crippen LogP contribution in [0.1, 0.15) is 79.0 Å². The van der Waals surface area contributed by atoms with Crippen molar-refractivity contribution < 1.29 is 19.1 Å². The van der Waals surface area contributed by atoms with Crippen LogP contribution < -0.4 is 10.9 Å². The van der Waals surface area contributed by atoms with Gasteiger partial charge in [-0.3, -0.25) is 14.4 Å². The molecule has 3 rings (SSSR count). The number of carbonyl (C=O) groups excluding carboxylic acids is 1. The third kappa shape index (κ3) is 5.44. The van der Waals surface area contributed by atoms with Crippen LogP contribution in [0, 0.1) is 12.7 Å². The number of halogens is 1. The van der Waals surface area contributed by atoms with Crippen LogP contribution in [-0.4, -0.2) is 27.1 Å². The van der Waals surface area contributed by atoms with Crippen molar-refractivity contribution in [2.24, 2.45) is 0 Å². The van der Waals surface area contributed by atoms with Gasteiger partial charge in [-0.05, 0) is 61.9 Å². The Hall–Kier alpha value is -2.96. The summed E-state index contributed by atoms with van der Waals surface area (Å²) in [5, 5.41) is 12.2. The molecule has 0 saturated heterocycles. The van der Waals surface area contributed by atoms with E-state index in [1.54, 1.807) is 22.8 Å². The zero-order valence-electron chi connectivity index (χ0n) is 18.7. The predicted molar refractivity (Wildman–Crippen MR) is 120 cm³/mol. The molecule has 0 radical (unpaired) electrons. The average molecular weight is 443 g/mol. The summed E-state index contributed by atoms with van der Waals surface area (Å²) >= 11 is 0. The highest BCUT2D eigenvalue weighted by Gasteiger charge is 2.35. The molecule has 1 heterocycles. The molecule has 1 aliphatic carbocycles. The number of aromatic nitrogens is 1. The maximum atomic E-state index is 13.4. The minimum Gasteiger partial charge on any atom is -0.481 e. The van der Waals surface area contributed by atoms with Gasteiger partial charge in [-0.15, -0.1) is 0 Å². The minimum atomic E-state index is -0.894. The third-order valence-electron chi connectivity index (χ3n) is 6.46. The van der Waals surface area contributed by atoms with Crippen LogP contribution >= 0.6 is 0 Å². The lowest BCUT2D eigenvalue weighted by atomic mass is 9.78. The van der Waals surface area contributed by atoms with Crippen LogP contribution in [0.5, 0.6) is 0 Å². The normalized spacial score (nSPS) is 15.3. The molecule has 1 amide bonds. The number of aryl methyl sites for hydroxylation is 1. The first-order chi connectivity index (χ1) is 15.2. The summed E-state index contributed by atoms with van der Waals surface area (Å²) in [5.74, 6) is -1.70. The van der Waals surface area contributed by atoms with Crippen molar-refractivity contribution in [3.63, 3.8) is 0 Å². The Morgan fingerprint density at radius 1 is 1.16 bits per heavy atom. The van der Waals surface area contributed by atoms with Crippen molar-refractivity contribution in [3.8, 4) is 0 Å². The number of carboxylic acids is 1. The van der Waals surface area contributed by atoms with E-state index in [0.717, 1.165) is 36.1 Å². The summed E-state index contributed by atoms with van der Waals surface area (Å²) < 4.78 is 14.9. The Morgan fingerprint density at radius 2 is 1.81 bits per heavy atom. The number of hydrogen-bond donors (Lipinski definition) is 2. The highest BCUT2D eigenvalue weighted by molar-refractivity contribution is 5.94. The number of pyridine rings is 1. The molecule has 7 heteroatoms. The molecule has 1 aromatic carbocycles. The van der Waals surface area contributed by atoms with Crippen LogP contribution in [0.3, 0.4) is 0 Å². The number of aliphatic carboxylic acids is 1. The molecule has 0 atom stereocenters. The molecule has 32 heavy (non-hydrogen) atoms. The average Bonchev–Trinajstić information content (AvgIpc) is 2.77. The lowest BCUT2D eigenvalue weighted by molar-refractivity contribution is -0.137. The van der Waals surface area contributed by atoms with E-state index in [2.05, 4.69) is 5.32 Å². The lowest BCUT2D eigenvalue weighted by Crippen LogP contribution is -2.51. The van der Waals surface area contributed by atoms with Gasteiger partial charge in [0.2, 0.25) is 0 Å². The number of nitrogens with zero attached hydrogens (tertiary/aromatic N) is 1. The molecule has 1 saturated carbocycles. The van der Waals surface area contributed by atoms with Gasteiger partial charge in [0.05, 0.1) is 6.54 Å². The van der Waals surface area contributed by atoms with E-state index in [1.165, 1.54) is 12.1 Å². The molecule has 2 aromatic rings. The van der Waals surface area contributed by atoms with Crippen molar-refractivity contribution >= 4 is 11.9 Å². The van der Waals surface area contributed by atoms with E-state index < -0.39 is 23.0 Å². The summed E-state index contributed by atoms with van der Waals surface area (Å²) in [4.78, 5) is 37.8. The molecule has 6 nitrogen and oxygen atoms in total. The Morgan fingerprint density at radius 3 is 2.41 bits per heavy atom. The van der Waals surface area contributed by atoms with Crippen LogP contribution in [-0.2, 0) is 17.8 Å². The van der Waals surface area contributed by atoms with Gasteiger partial charge < -0.3 is 15.0 Å². The number of nitrogens with one attached hydrogen (secondary N) is 1. The second kappa shape index (κ2) is 10.1. The van der Waals surface area contributed by atoms with Crippen LogP contribution in [0.25, 0.3) is 0 Å². The van der Waals surface area contributed by atoms with Gasteiger partial charge in [-0.1, -0.05) is 38.3 Å². The van der Waals surface area contributed by atoms with Crippen molar-refractivity contribution in [1.82, 2.24) is 9.88 Å². The number of benzene rings is 1. The number of amides is 1. The summed E-state index contributed by atoms with van der Waals surface area (Å²) in [7, 11) is 0. The molecule has 1 aromatic heterocycles. The van der Waals surface area contributed by atoms with Crippen molar-refractivity contribution in [2.75, 3.05) is 0 Å².